The molecule has 1 aromatic carbocycles. The molecule has 0 aliphatic rings. The van der Waals surface area contributed by atoms with Gasteiger partial charge in [-0.2, -0.15) is 9.97 Å². The third kappa shape index (κ3) is 3.91. The van der Waals surface area contributed by atoms with E-state index in [1.807, 2.05) is 13.8 Å². The van der Waals surface area contributed by atoms with Crippen LogP contribution in [0.15, 0.2) is 18.2 Å². The van der Waals surface area contributed by atoms with Crippen molar-refractivity contribution in [3.05, 3.63) is 23.8 Å². The monoisotopic (exact) mass is 387 g/mol. The van der Waals surface area contributed by atoms with Crippen molar-refractivity contribution in [2.24, 2.45) is 13.0 Å². The van der Waals surface area contributed by atoms with Gasteiger partial charge in [-0.1, -0.05) is 31.2 Å². The Morgan fingerprint density at radius 1 is 1.25 bits per heavy atom. The Morgan fingerprint density at radius 3 is 2.71 bits per heavy atom. The lowest BCUT2D eigenvalue weighted by Gasteiger charge is -2.20. The molecule has 4 N–H and O–H groups in total. The first-order chi connectivity index (χ1) is 13.4. The fourth-order valence-corrected chi connectivity index (χ4v) is 2.75. The first kappa shape index (κ1) is 19.6. The van der Waals surface area contributed by atoms with Crippen molar-refractivity contribution >= 4 is 22.9 Å². The maximum absolute atomic E-state index is 10.3. The van der Waals surface area contributed by atoms with Crippen LogP contribution in [0.1, 0.15) is 19.4 Å². The number of ether oxygens (including phenoxy) is 1. The van der Waals surface area contributed by atoms with E-state index in [9.17, 15) is 10.2 Å². The molecule has 0 bridgehead atoms. The number of phenolic OH excluding ortho intramolecular Hbond substituents is 1. The normalized spacial score (nSPS) is 12.4. The van der Waals surface area contributed by atoms with Gasteiger partial charge in [-0.05, 0) is 12.0 Å². The zero-order chi connectivity index (χ0) is 20.3. The number of aliphatic hydroxyl groups is 1. The highest BCUT2D eigenvalue weighted by atomic mass is 16.5. The fourth-order valence-electron chi connectivity index (χ4n) is 2.75. The lowest BCUT2D eigenvalue weighted by atomic mass is 10.1. The molecule has 0 amide bonds. The van der Waals surface area contributed by atoms with Crippen LogP contribution in [-0.4, -0.2) is 54.9 Å². The number of benzene rings is 1. The molecule has 1 atom stereocenters. The van der Waals surface area contributed by atoms with Gasteiger partial charge < -0.3 is 25.6 Å². The Bertz CT molecular complexity index is 958. The minimum Gasteiger partial charge on any atom is -0.504 e. The number of rotatable bonds is 8. The van der Waals surface area contributed by atoms with Gasteiger partial charge in [-0.15, -0.1) is 5.10 Å². The molecule has 0 aliphatic carbocycles. The molecule has 0 saturated carbocycles. The van der Waals surface area contributed by atoms with Crippen LogP contribution in [0.5, 0.6) is 11.5 Å². The van der Waals surface area contributed by atoms with Crippen LogP contribution in [-0.2, 0) is 13.6 Å². The molecule has 0 aliphatic heterocycles. The summed E-state index contributed by atoms with van der Waals surface area (Å²) in [7, 11) is 3.25. The van der Waals surface area contributed by atoms with Crippen LogP contribution in [0.4, 0.5) is 11.8 Å². The van der Waals surface area contributed by atoms with E-state index in [0.717, 1.165) is 0 Å². The third-order valence-corrected chi connectivity index (χ3v) is 4.52. The molecule has 10 nitrogen and oxygen atoms in total. The van der Waals surface area contributed by atoms with Gasteiger partial charge in [-0.3, -0.25) is 0 Å². The average Bonchev–Trinajstić information content (AvgIpc) is 3.06. The summed E-state index contributed by atoms with van der Waals surface area (Å²) < 4.78 is 6.70. The van der Waals surface area contributed by atoms with Gasteiger partial charge in [0, 0.05) is 19.2 Å². The fraction of sp³-hybridized carbons (Fsp3) is 0.444. The van der Waals surface area contributed by atoms with Crippen LogP contribution in [0.2, 0.25) is 0 Å². The maximum Gasteiger partial charge on any atom is 0.227 e. The van der Waals surface area contributed by atoms with Gasteiger partial charge >= 0.3 is 0 Å². The van der Waals surface area contributed by atoms with Gasteiger partial charge in [0.15, 0.2) is 28.5 Å². The first-order valence-corrected chi connectivity index (χ1v) is 8.98. The number of aromatic hydroxyl groups is 1. The minimum absolute atomic E-state index is 0.0385. The van der Waals surface area contributed by atoms with Crippen molar-refractivity contribution in [2.75, 3.05) is 24.4 Å². The summed E-state index contributed by atoms with van der Waals surface area (Å²) >= 11 is 0. The summed E-state index contributed by atoms with van der Waals surface area (Å²) in [5, 5.41) is 34.3. The number of anilines is 2. The van der Waals surface area contributed by atoms with E-state index in [4.69, 9.17) is 4.74 Å². The second-order valence-corrected chi connectivity index (χ2v) is 6.78. The first-order valence-electron chi connectivity index (χ1n) is 8.98. The van der Waals surface area contributed by atoms with Crippen LogP contribution >= 0.6 is 0 Å². The highest BCUT2D eigenvalue weighted by molar-refractivity contribution is 5.83. The maximum atomic E-state index is 10.3. The van der Waals surface area contributed by atoms with Crippen LogP contribution in [0, 0.1) is 5.92 Å². The summed E-state index contributed by atoms with van der Waals surface area (Å²) in [4.78, 5) is 8.96. The molecule has 3 aromatic rings. The number of aromatic nitrogens is 5. The zero-order valence-corrected chi connectivity index (χ0v) is 16.3. The molecule has 150 valence electrons. The Kier molecular flexibility index (Phi) is 5.78. The molecular weight excluding hydrogens is 362 g/mol. The SMILES string of the molecule is COc1cccc(CNc2nc(NC(CO)C(C)C)nc3c2nnn3C)c1O. The van der Waals surface area contributed by atoms with E-state index >= 15 is 0 Å². The number of nitrogens with zero attached hydrogens (tertiary/aromatic N) is 5. The Balaban J connectivity index is 1.91. The van der Waals surface area contributed by atoms with E-state index in [-0.39, 0.29) is 24.3 Å². The number of aliphatic hydroxyl groups excluding tert-OH is 1. The van der Waals surface area contributed by atoms with Gasteiger partial charge in [0.2, 0.25) is 5.95 Å². The number of methoxy groups -OCH3 is 1. The summed E-state index contributed by atoms with van der Waals surface area (Å²) in [5.74, 6) is 1.50. The molecule has 2 heterocycles. The Morgan fingerprint density at radius 2 is 2.04 bits per heavy atom. The lowest BCUT2D eigenvalue weighted by Crippen LogP contribution is -2.30. The number of nitrogens with one attached hydrogen (secondary N) is 2. The molecule has 10 heteroatoms. The lowest BCUT2D eigenvalue weighted by molar-refractivity contribution is 0.248. The zero-order valence-electron chi connectivity index (χ0n) is 16.3. The predicted octanol–water partition coefficient (Wildman–Crippen LogP) is 1.51. The Labute approximate surface area is 162 Å². The van der Waals surface area contributed by atoms with E-state index < -0.39 is 0 Å². The molecular formula is C18H25N7O3. The highest BCUT2D eigenvalue weighted by Gasteiger charge is 2.18. The third-order valence-electron chi connectivity index (χ3n) is 4.52. The summed E-state index contributed by atoms with van der Waals surface area (Å²) in [6.07, 6.45) is 0. The van der Waals surface area contributed by atoms with Crippen LogP contribution < -0.4 is 15.4 Å². The number of aryl methyl sites for hydroxylation is 1. The molecule has 0 radical (unpaired) electrons. The summed E-state index contributed by atoms with van der Waals surface area (Å²) in [6, 6.07) is 5.09. The summed E-state index contributed by atoms with van der Waals surface area (Å²) in [5.41, 5.74) is 1.72. The van der Waals surface area contributed by atoms with E-state index in [2.05, 4.69) is 30.9 Å². The van der Waals surface area contributed by atoms with Crippen molar-refractivity contribution in [1.29, 1.82) is 0 Å². The van der Waals surface area contributed by atoms with Crippen molar-refractivity contribution < 1.29 is 14.9 Å². The quantitative estimate of drug-likeness (QED) is 0.454. The smallest absolute Gasteiger partial charge is 0.227 e. The van der Waals surface area contributed by atoms with E-state index in [1.54, 1.807) is 29.9 Å². The van der Waals surface area contributed by atoms with Crippen LogP contribution in [0.25, 0.3) is 11.2 Å². The number of fused-ring (bicyclic) bond motifs is 1. The van der Waals surface area contributed by atoms with Gasteiger partial charge in [-0.25, -0.2) is 4.68 Å². The van der Waals surface area contributed by atoms with Crippen molar-refractivity contribution in [3.63, 3.8) is 0 Å². The minimum atomic E-state index is -0.186. The molecule has 0 saturated heterocycles. The van der Waals surface area contributed by atoms with E-state index in [0.29, 0.717) is 40.8 Å². The standard InChI is InChI=1S/C18H25N7O3/c1-10(2)12(9-26)20-18-21-16(14-17(22-18)25(3)24-23-14)19-8-11-6-5-7-13(28-4)15(11)27/h5-7,10,12,26-27H,8-9H2,1-4H3,(H2,19,20,21,22). The largest absolute Gasteiger partial charge is 0.504 e. The topological polar surface area (TPSA) is 130 Å². The van der Waals surface area contributed by atoms with Gasteiger partial charge in [0.1, 0.15) is 0 Å². The highest BCUT2D eigenvalue weighted by Crippen LogP contribution is 2.30. The Hall–Kier alpha value is -3.14. The van der Waals surface area contributed by atoms with E-state index in [1.165, 1.54) is 7.11 Å². The molecule has 1 unspecified atom stereocenters. The van der Waals surface area contributed by atoms with Gasteiger partial charge in [0.25, 0.3) is 0 Å². The molecule has 0 fully saturated rings. The van der Waals surface area contributed by atoms with Crippen molar-refractivity contribution in [3.8, 4) is 11.5 Å². The van der Waals surface area contributed by atoms with Crippen molar-refractivity contribution in [2.45, 2.75) is 26.4 Å². The number of hydrogen-bond donors (Lipinski definition) is 4. The predicted molar refractivity (Wildman–Crippen MR) is 105 cm³/mol. The number of para-hydroxylation sites is 1. The number of hydrogen-bond acceptors (Lipinski definition) is 9. The van der Waals surface area contributed by atoms with Crippen LogP contribution in [0.3, 0.4) is 0 Å². The average molecular weight is 387 g/mol. The van der Waals surface area contributed by atoms with Gasteiger partial charge in [0.05, 0.1) is 19.8 Å². The molecule has 28 heavy (non-hydrogen) atoms. The second-order valence-electron chi connectivity index (χ2n) is 6.78. The summed E-state index contributed by atoms with van der Waals surface area (Å²) in [6.45, 7) is 4.27. The molecule has 2 aromatic heterocycles. The second kappa shape index (κ2) is 8.26. The molecule has 0 spiro atoms. The van der Waals surface area contributed by atoms with Crippen molar-refractivity contribution in [1.82, 2.24) is 25.0 Å². The molecule has 3 rings (SSSR count). The number of phenols is 1.